The molecule has 186 valence electrons. The number of fused-ring (bicyclic) bond motifs is 2. The van der Waals surface area contributed by atoms with Crippen LogP contribution in [0, 0.1) is 16.7 Å². The number of ether oxygens (including phenoxy) is 3. The summed E-state index contributed by atoms with van der Waals surface area (Å²) in [5.41, 5.74) is -3.72. The van der Waals surface area contributed by atoms with Crippen molar-refractivity contribution in [1.82, 2.24) is 0 Å². The first kappa shape index (κ1) is 24.8. The molecular weight excluding hydrogens is 468 g/mol. The Kier molecular flexibility index (Phi) is 6.33. The summed E-state index contributed by atoms with van der Waals surface area (Å²) in [6.07, 6.45) is 2.62. The van der Waals surface area contributed by atoms with Gasteiger partial charge in [0.1, 0.15) is 12.0 Å². The molecule has 6 atom stereocenters. The van der Waals surface area contributed by atoms with Crippen LogP contribution in [0.1, 0.15) is 58.1 Å². The lowest BCUT2D eigenvalue weighted by atomic mass is 9.44. The molecule has 1 aliphatic heterocycles. The lowest BCUT2D eigenvalue weighted by Gasteiger charge is -2.60. The van der Waals surface area contributed by atoms with Gasteiger partial charge >= 0.3 is 11.9 Å². The highest BCUT2D eigenvalue weighted by molar-refractivity contribution is 6.19. The molecule has 3 aliphatic rings. The zero-order valence-corrected chi connectivity index (χ0v) is 20.1. The van der Waals surface area contributed by atoms with E-state index in [9.17, 15) is 24.6 Å². The Bertz CT molecular complexity index is 1020. The van der Waals surface area contributed by atoms with Crippen LogP contribution in [0.3, 0.4) is 0 Å². The maximum Gasteiger partial charge on any atom is 0.304 e. The Morgan fingerprint density at radius 3 is 2.62 bits per heavy atom. The topological polar surface area (TPSA) is 132 Å². The maximum absolute atomic E-state index is 13.8. The summed E-state index contributed by atoms with van der Waals surface area (Å²) in [5.74, 6) is -3.57. The third-order valence-electron chi connectivity index (χ3n) is 7.95. The van der Waals surface area contributed by atoms with Crippen molar-refractivity contribution in [3.8, 4) is 0 Å². The summed E-state index contributed by atoms with van der Waals surface area (Å²) >= 11 is 6.25. The number of allylic oxidation sites excluding steroid dienone is 1. The van der Waals surface area contributed by atoms with E-state index in [4.69, 9.17) is 30.2 Å². The van der Waals surface area contributed by atoms with Gasteiger partial charge < -0.3 is 28.8 Å². The molecule has 2 heterocycles. The Balaban J connectivity index is 1.96. The normalized spacial score (nSPS) is 37.6. The van der Waals surface area contributed by atoms with Crippen molar-refractivity contribution in [1.29, 1.82) is 0 Å². The quantitative estimate of drug-likeness (QED) is 0.465. The number of esters is 2. The number of furan rings is 1. The van der Waals surface area contributed by atoms with Gasteiger partial charge in [0.25, 0.3) is 0 Å². The van der Waals surface area contributed by atoms with Crippen LogP contribution in [0.5, 0.6) is 0 Å². The first-order chi connectivity index (χ1) is 16.0. The SMILES string of the molecule is CC(=O)OC[C@@]12C(=O)C(O)=C(C)[C@]3(C[C@@H](c4ccoc4)O[C@@H]3OC(C)=O)[C@H]1CCC[C@]2(O)CCl. The molecule has 1 aromatic heterocycles. The van der Waals surface area contributed by atoms with Gasteiger partial charge in [0, 0.05) is 19.4 Å². The van der Waals surface area contributed by atoms with E-state index in [2.05, 4.69) is 0 Å². The Morgan fingerprint density at radius 1 is 1.29 bits per heavy atom. The number of aliphatic hydroxyl groups is 2. The van der Waals surface area contributed by atoms with E-state index in [-0.39, 0.29) is 18.7 Å². The predicted molar refractivity (Wildman–Crippen MR) is 118 cm³/mol. The number of rotatable bonds is 5. The van der Waals surface area contributed by atoms with Gasteiger partial charge in [-0.25, -0.2) is 0 Å². The molecule has 9 nitrogen and oxygen atoms in total. The van der Waals surface area contributed by atoms with Crippen LogP contribution in [-0.2, 0) is 28.6 Å². The fraction of sp³-hybridized carbons (Fsp3) is 0.625. The smallest absolute Gasteiger partial charge is 0.304 e. The second-order valence-corrected chi connectivity index (χ2v) is 9.80. The molecule has 2 fully saturated rings. The van der Waals surface area contributed by atoms with Crippen LogP contribution in [0.4, 0.5) is 0 Å². The van der Waals surface area contributed by atoms with Crippen LogP contribution in [-0.4, -0.2) is 52.3 Å². The Hall–Kier alpha value is -2.36. The van der Waals surface area contributed by atoms with E-state index in [1.165, 1.54) is 26.4 Å². The van der Waals surface area contributed by atoms with Gasteiger partial charge in [0.05, 0.1) is 35.5 Å². The van der Waals surface area contributed by atoms with E-state index in [0.717, 1.165) is 0 Å². The summed E-state index contributed by atoms with van der Waals surface area (Å²) in [6, 6.07) is 1.73. The van der Waals surface area contributed by atoms with E-state index < -0.39 is 64.8 Å². The van der Waals surface area contributed by atoms with Crippen LogP contribution >= 0.6 is 11.6 Å². The van der Waals surface area contributed by atoms with Gasteiger partial charge in [0.15, 0.2) is 5.76 Å². The Labute approximate surface area is 202 Å². The minimum Gasteiger partial charge on any atom is -0.504 e. The monoisotopic (exact) mass is 496 g/mol. The standard InChI is InChI=1S/C24H29ClO9/c1-13-19(28)20(29)24(12-32-14(2)26)18(5-4-7-22(24,30)11-25)23(13)9-17(16-6-8-31-10-16)34-21(23)33-15(3)27/h6,8,10,17-18,21,28,30H,4-5,7,9,11-12H2,1-3H3/t17-,18+,21-,22-,23+,24-/m0/s1. The summed E-state index contributed by atoms with van der Waals surface area (Å²) in [4.78, 5) is 37.7. The highest BCUT2D eigenvalue weighted by atomic mass is 35.5. The predicted octanol–water partition coefficient (Wildman–Crippen LogP) is 3.35. The molecule has 0 unspecified atom stereocenters. The van der Waals surface area contributed by atoms with Crippen molar-refractivity contribution in [2.45, 2.75) is 64.4 Å². The fourth-order valence-corrected chi connectivity index (χ4v) is 6.69. The van der Waals surface area contributed by atoms with Crippen molar-refractivity contribution >= 4 is 29.3 Å². The van der Waals surface area contributed by atoms with Crippen molar-refractivity contribution in [3.63, 3.8) is 0 Å². The molecule has 1 spiro atoms. The molecule has 10 heteroatoms. The van der Waals surface area contributed by atoms with Gasteiger partial charge in [-0.3, -0.25) is 14.4 Å². The molecule has 1 aromatic rings. The summed E-state index contributed by atoms with van der Waals surface area (Å²) in [7, 11) is 0. The first-order valence-electron chi connectivity index (χ1n) is 11.2. The second-order valence-electron chi connectivity index (χ2n) is 9.53. The average Bonchev–Trinajstić information content (AvgIpc) is 3.44. The second kappa shape index (κ2) is 8.70. The maximum atomic E-state index is 13.8. The van der Waals surface area contributed by atoms with Crippen molar-refractivity contribution < 1.29 is 43.2 Å². The molecule has 2 N–H and O–H groups in total. The number of hydrogen-bond acceptors (Lipinski definition) is 9. The van der Waals surface area contributed by atoms with E-state index in [1.807, 2.05) is 0 Å². The molecule has 2 aliphatic carbocycles. The van der Waals surface area contributed by atoms with Gasteiger partial charge in [-0.15, -0.1) is 11.6 Å². The molecule has 0 bridgehead atoms. The average molecular weight is 497 g/mol. The molecule has 1 saturated heterocycles. The molecule has 0 aromatic carbocycles. The van der Waals surface area contributed by atoms with Crippen LogP contribution in [0.2, 0.25) is 0 Å². The highest BCUT2D eigenvalue weighted by Gasteiger charge is 2.74. The lowest BCUT2D eigenvalue weighted by molar-refractivity contribution is -0.228. The van der Waals surface area contributed by atoms with Crippen LogP contribution in [0.15, 0.2) is 34.3 Å². The highest BCUT2D eigenvalue weighted by Crippen LogP contribution is 2.67. The zero-order chi connectivity index (χ0) is 24.9. The zero-order valence-electron chi connectivity index (χ0n) is 19.3. The van der Waals surface area contributed by atoms with E-state index in [0.29, 0.717) is 24.0 Å². The molecule has 4 rings (SSSR count). The number of carbonyl (C=O) groups is 3. The largest absolute Gasteiger partial charge is 0.504 e. The number of aliphatic hydroxyl groups excluding tert-OH is 1. The van der Waals surface area contributed by atoms with Gasteiger partial charge in [-0.05, 0) is 43.7 Å². The number of halogens is 1. The summed E-state index contributed by atoms with van der Waals surface area (Å²) in [6.45, 7) is 3.58. The summed E-state index contributed by atoms with van der Waals surface area (Å²) in [5, 5.41) is 22.9. The van der Waals surface area contributed by atoms with E-state index >= 15 is 0 Å². The number of alkyl halides is 1. The van der Waals surface area contributed by atoms with Gasteiger partial charge in [-0.2, -0.15) is 0 Å². The molecule has 0 amide bonds. The molecule has 0 radical (unpaired) electrons. The molecular formula is C24H29ClO9. The third-order valence-corrected chi connectivity index (χ3v) is 8.39. The van der Waals surface area contributed by atoms with Crippen LogP contribution in [0.25, 0.3) is 0 Å². The summed E-state index contributed by atoms with van der Waals surface area (Å²) < 4.78 is 22.4. The van der Waals surface area contributed by atoms with Crippen molar-refractivity contribution in [2.24, 2.45) is 16.7 Å². The number of hydrogen-bond donors (Lipinski definition) is 2. The molecule has 1 saturated carbocycles. The Morgan fingerprint density at radius 2 is 2.03 bits per heavy atom. The third kappa shape index (κ3) is 3.39. The molecule has 34 heavy (non-hydrogen) atoms. The van der Waals surface area contributed by atoms with Crippen molar-refractivity contribution in [2.75, 3.05) is 12.5 Å². The minimum absolute atomic E-state index is 0.173. The van der Waals surface area contributed by atoms with Gasteiger partial charge in [-0.1, -0.05) is 6.42 Å². The minimum atomic E-state index is -1.78. The number of ketones is 1. The van der Waals surface area contributed by atoms with Crippen LogP contribution < -0.4 is 0 Å². The first-order valence-corrected chi connectivity index (χ1v) is 11.8. The lowest BCUT2D eigenvalue weighted by Crippen LogP contribution is -2.70. The fourth-order valence-electron chi connectivity index (χ4n) is 6.32. The van der Waals surface area contributed by atoms with E-state index in [1.54, 1.807) is 13.0 Å². The van der Waals surface area contributed by atoms with Crippen molar-refractivity contribution in [3.05, 3.63) is 35.5 Å². The number of Topliss-reactive ketones (excluding diaryl/α,β-unsaturated/α-hetero) is 1. The number of carbonyl (C=O) groups excluding carboxylic acids is 3. The van der Waals surface area contributed by atoms with Gasteiger partial charge in [0.2, 0.25) is 12.1 Å².